The summed E-state index contributed by atoms with van der Waals surface area (Å²) < 4.78 is 16.1. The van der Waals surface area contributed by atoms with Gasteiger partial charge in [-0.05, 0) is 20.8 Å². The predicted octanol–water partition coefficient (Wildman–Crippen LogP) is 1.37. The van der Waals surface area contributed by atoms with Gasteiger partial charge in [0.15, 0.2) is 0 Å². The molecule has 72 valence electrons. The van der Waals surface area contributed by atoms with Gasteiger partial charge < -0.3 is 13.3 Å². The minimum absolute atomic E-state index is 0.0137. The second-order valence-corrected chi connectivity index (χ2v) is 3.79. The highest BCUT2D eigenvalue weighted by molar-refractivity contribution is 6.36. The summed E-state index contributed by atoms with van der Waals surface area (Å²) in [5, 5.41) is 0. The Morgan fingerprint density at radius 2 is 1.83 bits per heavy atom. The van der Waals surface area contributed by atoms with Gasteiger partial charge in [0, 0.05) is 13.2 Å². The van der Waals surface area contributed by atoms with Crippen LogP contribution in [-0.4, -0.2) is 28.8 Å². The Hall–Kier alpha value is -0.163. The van der Waals surface area contributed by atoms with Gasteiger partial charge in [0.1, 0.15) is 0 Å². The van der Waals surface area contributed by atoms with E-state index in [1.54, 1.807) is 6.08 Å². The van der Waals surface area contributed by atoms with Gasteiger partial charge in [-0.25, -0.2) is 0 Å². The highest BCUT2D eigenvalue weighted by Gasteiger charge is 2.15. The van der Waals surface area contributed by atoms with Gasteiger partial charge >= 0.3 is 9.53 Å². The lowest BCUT2D eigenvalue weighted by Gasteiger charge is -2.17. The van der Waals surface area contributed by atoms with E-state index in [-0.39, 0.29) is 6.10 Å². The maximum atomic E-state index is 5.46. The van der Waals surface area contributed by atoms with Gasteiger partial charge in [0.05, 0.1) is 6.10 Å². The van der Waals surface area contributed by atoms with Gasteiger partial charge in [-0.15, -0.1) is 6.58 Å². The molecule has 0 saturated heterocycles. The van der Waals surface area contributed by atoms with Crippen molar-refractivity contribution in [2.45, 2.75) is 26.9 Å². The fourth-order valence-electron chi connectivity index (χ4n) is 0.630. The molecule has 0 aliphatic heterocycles. The molecule has 4 heteroatoms. The summed E-state index contributed by atoms with van der Waals surface area (Å²) >= 11 is 0. The third-order valence-corrected chi connectivity index (χ3v) is 3.13. The topological polar surface area (TPSA) is 27.7 Å². The van der Waals surface area contributed by atoms with Crippen molar-refractivity contribution in [2.24, 2.45) is 0 Å². The maximum Gasteiger partial charge on any atom is 0.484 e. The molecule has 1 atom stereocenters. The summed E-state index contributed by atoms with van der Waals surface area (Å²) in [7, 11) is -1.88. The van der Waals surface area contributed by atoms with Crippen LogP contribution in [0.1, 0.15) is 20.8 Å². The Labute approximate surface area is 76.3 Å². The molecule has 0 aromatic heterocycles. The summed E-state index contributed by atoms with van der Waals surface area (Å²) in [5.74, 6) is 0. The van der Waals surface area contributed by atoms with Crippen LogP contribution in [0.4, 0.5) is 0 Å². The number of hydrogen-bond acceptors (Lipinski definition) is 3. The van der Waals surface area contributed by atoms with E-state index >= 15 is 0 Å². The van der Waals surface area contributed by atoms with Crippen LogP contribution in [-0.2, 0) is 13.3 Å². The Morgan fingerprint density at radius 3 is 2.17 bits per heavy atom. The monoisotopic (exact) mass is 190 g/mol. The highest BCUT2D eigenvalue weighted by Crippen LogP contribution is 1.98. The molecule has 0 radical (unpaired) electrons. The number of rotatable bonds is 7. The van der Waals surface area contributed by atoms with Crippen molar-refractivity contribution in [3.8, 4) is 0 Å². The molecule has 0 fully saturated rings. The van der Waals surface area contributed by atoms with Gasteiger partial charge in [-0.2, -0.15) is 0 Å². The Bertz CT molecular complexity index is 113. The van der Waals surface area contributed by atoms with Crippen LogP contribution in [0.2, 0.25) is 0 Å². The number of hydrogen-bond donors (Lipinski definition) is 0. The standard InChI is InChI=1S/C8H18O3Si/c1-5-8(4)11-12(9-6-2)10-7-3/h5,8,12H,1,6-7H2,2-4H3. The molecule has 0 aromatic carbocycles. The summed E-state index contributed by atoms with van der Waals surface area (Å²) in [6.07, 6.45) is 1.75. The average molecular weight is 190 g/mol. The van der Waals surface area contributed by atoms with Crippen LogP contribution >= 0.6 is 0 Å². The molecule has 0 aromatic rings. The van der Waals surface area contributed by atoms with E-state index in [2.05, 4.69) is 6.58 Å². The fourth-order valence-corrected chi connectivity index (χ4v) is 1.89. The molecule has 0 N–H and O–H groups in total. The summed E-state index contributed by atoms with van der Waals surface area (Å²) in [6, 6.07) is 0. The molecule has 0 rings (SSSR count). The first kappa shape index (κ1) is 11.8. The van der Waals surface area contributed by atoms with E-state index in [0.29, 0.717) is 13.2 Å². The minimum Gasteiger partial charge on any atom is -0.376 e. The van der Waals surface area contributed by atoms with Gasteiger partial charge in [0.2, 0.25) is 0 Å². The molecular formula is C8H18O3Si. The largest absolute Gasteiger partial charge is 0.484 e. The molecule has 0 aliphatic carbocycles. The first-order chi connectivity index (χ1) is 5.74. The molecule has 0 amide bonds. The lowest BCUT2D eigenvalue weighted by molar-refractivity contribution is 0.0862. The van der Waals surface area contributed by atoms with E-state index in [9.17, 15) is 0 Å². The van der Waals surface area contributed by atoms with Crippen LogP contribution in [0.25, 0.3) is 0 Å². The Balaban J connectivity index is 3.68. The van der Waals surface area contributed by atoms with Crippen LogP contribution in [0, 0.1) is 0 Å². The maximum absolute atomic E-state index is 5.46. The molecule has 0 aliphatic rings. The van der Waals surface area contributed by atoms with Crippen molar-refractivity contribution in [1.29, 1.82) is 0 Å². The lowest BCUT2D eigenvalue weighted by atomic mass is 10.4. The van der Waals surface area contributed by atoms with Crippen LogP contribution in [0.15, 0.2) is 12.7 Å². The molecule has 3 nitrogen and oxygen atoms in total. The summed E-state index contributed by atoms with van der Waals surface area (Å²) in [5.41, 5.74) is 0. The lowest BCUT2D eigenvalue weighted by Crippen LogP contribution is -2.30. The van der Waals surface area contributed by atoms with Gasteiger partial charge in [0.25, 0.3) is 0 Å². The Kier molecular flexibility index (Phi) is 7.38. The third-order valence-electron chi connectivity index (χ3n) is 1.26. The smallest absolute Gasteiger partial charge is 0.376 e. The highest BCUT2D eigenvalue weighted by atomic mass is 28.3. The molecule has 1 unspecified atom stereocenters. The van der Waals surface area contributed by atoms with Gasteiger partial charge in [-0.1, -0.05) is 6.08 Å². The van der Waals surface area contributed by atoms with E-state index in [1.165, 1.54) is 0 Å². The zero-order valence-corrected chi connectivity index (χ0v) is 9.23. The van der Waals surface area contributed by atoms with Crippen molar-refractivity contribution in [2.75, 3.05) is 13.2 Å². The van der Waals surface area contributed by atoms with Crippen LogP contribution < -0.4 is 0 Å². The summed E-state index contributed by atoms with van der Waals surface area (Å²) in [4.78, 5) is 0. The molecule has 0 bridgehead atoms. The fraction of sp³-hybridized carbons (Fsp3) is 0.750. The average Bonchev–Trinajstić information content (AvgIpc) is 2.05. The SMILES string of the molecule is C=CC(C)O[SiH](OCC)OCC. The zero-order valence-electron chi connectivity index (χ0n) is 8.08. The second kappa shape index (κ2) is 7.48. The van der Waals surface area contributed by atoms with Crippen molar-refractivity contribution >= 4 is 9.53 Å². The van der Waals surface area contributed by atoms with E-state index in [1.807, 2.05) is 20.8 Å². The van der Waals surface area contributed by atoms with Gasteiger partial charge in [-0.3, -0.25) is 0 Å². The first-order valence-electron chi connectivity index (χ1n) is 4.25. The van der Waals surface area contributed by atoms with Crippen molar-refractivity contribution in [1.82, 2.24) is 0 Å². The van der Waals surface area contributed by atoms with Crippen molar-refractivity contribution in [3.05, 3.63) is 12.7 Å². The summed E-state index contributed by atoms with van der Waals surface area (Å²) in [6.45, 7) is 10.7. The van der Waals surface area contributed by atoms with Crippen LogP contribution in [0.3, 0.4) is 0 Å². The zero-order chi connectivity index (χ0) is 9.40. The van der Waals surface area contributed by atoms with E-state index in [4.69, 9.17) is 13.3 Å². The van der Waals surface area contributed by atoms with Crippen LogP contribution in [0.5, 0.6) is 0 Å². The normalized spacial score (nSPS) is 13.3. The quantitative estimate of drug-likeness (QED) is 0.448. The second-order valence-electron chi connectivity index (χ2n) is 2.28. The molecule has 12 heavy (non-hydrogen) atoms. The van der Waals surface area contributed by atoms with E-state index < -0.39 is 9.53 Å². The minimum atomic E-state index is -1.88. The Morgan fingerprint density at radius 1 is 1.33 bits per heavy atom. The van der Waals surface area contributed by atoms with E-state index in [0.717, 1.165) is 0 Å². The molecule has 0 spiro atoms. The first-order valence-corrected chi connectivity index (χ1v) is 5.67. The molecule has 0 saturated carbocycles. The van der Waals surface area contributed by atoms with Crippen molar-refractivity contribution < 1.29 is 13.3 Å². The van der Waals surface area contributed by atoms with Crippen molar-refractivity contribution in [3.63, 3.8) is 0 Å². The third kappa shape index (κ3) is 5.48. The molecular weight excluding hydrogens is 172 g/mol. The predicted molar refractivity (Wildman–Crippen MR) is 51.1 cm³/mol. The molecule has 0 heterocycles.